The van der Waals surface area contributed by atoms with E-state index in [1.54, 1.807) is 6.92 Å². The predicted molar refractivity (Wildman–Crippen MR) is 143 cm³/mol. The van der Waals surface area contributed by atoms with Gasteiger partial charge in [-0.05, 0) is 101 Å². The fourth-order valence-electron chi connectivity index (χ4n) is 7.16. The fourth-order valence-corrected chi connectivity index (χ4v) is 7.16. The van der Waals surface area contributed by atoms with Crippen LogP contribution in [0, 0.1) is 28.1 Å². The number of allylic oxidation sites excluding steroid dienone is 5. The highest BCUT2D eigenvalue weighted by Gasteiger charge is 2.58. The van der Waals surface area contributed by atoms with E-state index in [-0.39, 0.29) is 10.8 Å². The fraction of sp³-hybridized carbons (Fsp3) is 0.742. The lowest BCUT2D eigenvalue weighted by molar-refractivity contribution is -0.158. The van der Waals surface area contributed by atoms with E-state index in [4.69, 9.17) is 5.11 Å². The Kier molecular flexibility index (Phi) is 9.59. The van der Waals surface area contributed by atoms with Crippen LogP contribution in [0.3, 0.4) is 0 Å². The number of aliphatic carboxylic acids is 1. The van der Waals surface area contributed by atoms with Crippen molar-refractivity contribution >= 4 is 11.8 Å². The molecule has 0 amide bonds. The molecule has 3 atom stereocenters. The molecule has 0 aliphatic heterocycles. The summed E-state index contributed by atoms with van der Waals surface area (Å²) in [6.45, 7) is 17.9. The van der Waals surface area contributed by atoms with Crippen molar-refractivity contribution in [2.45, 2.75) is 120 Å². The normalized spacial score (nSPS) is 29.6. The molecule has 0 aromatic carbocycles. The van der Waals surface area contributed by atoms with Gasteiger partial charge in [0.05, 0.1) is 0 Å². The highest BCUT2D eigenvalue weighted by atomic mass is 16.4. The average Bonchev–Trinajstić information content (AvgIpc) is 2.72. The number of carboxylic acid groups (broad SMARTS) is 1. The summed E-state index contributed by atoms with van der Waals surface area (Å²) in [5, 5.41) is 8.93. The van der Waals surface area contributed by atoms with Gasteiger partial charge in [0.15, 0.2) is 0 Å². The molecule has 2 fully saturated rings. The van der Waals surface area contributed by atoms with Crippen molar-refractivity contribution in [1.29, 1.82) is 0 Å². The summed E-state index contributed by atoms with van der Waals surface area (Å²) in [6.07, 6.45) is 16.9. The van der Waals surface area contributed by atoms with Gasteiger partial charge in [0.25, 0.3) is 0 Å². The third-order valence-corrected chi connectivity index (χ3v) is 9.40. The molecule has 1 unspecified atom stereocenters. The van der Waals surface area contributed by atoms with Crippen LogP contribution < -0.4 is 0 Å². The third kappa shape index (κ3) is 6.73. The van der Waals surface area contributed by atoms with Gasteiger partial charge in [-0.25, -0.2) is 4.79 Å². The van der Waals surface area contributed by atoms with Gasteiger partial charge in [-0.3, -0.25) is 4.79 Å². The van der Waals surface area contributed by atoms with Crippen molar-refractivity contribution in [1.82, 2.24) is 0 Å². The van der Waals surface area contributed by atoms with Crippen LogP contribution in [0.15, 0.2) is 34.9 Å². The van der Waals surface area contributed by atoms with Gasteiger partial charge in [-0.15, -0.1) is 0 Å². The molecular weight excluding hydrogens is 420 g/mol. The average molecular weight is 471 g/mol. The first-order chi connectivity index (χ1) is 15.7. The highest BCUT2D eigenvalue weighted by Crippen LogP contribution is 2.64. The van der Waals surface area contributed by atoms with Gasteiger partial charge < -0.3 is 5.11 Å². The molecule has 0 aromatic heterocycles. The Morgan fingerprint density at radius 1 is 0.912 bits per heavy atom. The number of ketones is 1. The Morgan fingerprint density at radius 2 is 1.47 bits per heavy atom. The predicted octanol–water partition coefficient (Wildman–Crippen LogP) is 8.70. The highest BCUT2D eigenvalue weighted by molar-refractivity contribution is 5.86. The first-order valence-electron chi connectivity index (χ1n) is 13.5. The minimum absolute atomic E-state index is 0.181. The van der Waals surface area contributed by atoms with Crippen LogP contribution in [-0.4, -0.2) is 16.9 Å². The summed E-state index contributed by atoms with van der Waals surface area (Å²) in [5.74, 6) is 0.802. The first-order valence-corrected chi connectivity index (χ1v) is 13.5. The van der Waals surface area contributed by atoms with Crippen LogP contribution in [0.2, 0.25) is 0 Å². The summed E-state index contributed by atoms with van der Waals surface area (Å²) in [4.78, 5) is 23.6. The second-order valence-electron chi connectivity index (χ2n) is 12.7. The summed E-state index contributed by atoms with van der Waals surface area (Å²) in [6, 6.07) is 0. The number of carboxylic acids is 1. The van der Waals surface area contributed by atoms with E-state index in [1.165, 1.54) is 30.4 Å². The Labute approximate surface area is 209 Å². The minimum Gasteiger partial charge on any atom is -0.478 e. The van der Waals surface area contributed by atoms with Crippen molar-refractivity contribution in [2.24, 2.45) is 28.1 Å². The Balaban J connectivity index is 1.92. The maximum atomic E-state index is 12.7. The van der Waals surface area contributed by atoms with Gasteiger partial charge >= 0.3 is 5.97 Å². The Morgan fingerprint density at radius 3 is 2.06 bits per heavy atom. The molecule has 34 heavy (non-hydrogen) atoms. The summed E-state index contributed by atoms with van der Waals surface area (Å²) in [5.41, 5.74) is 3.63. The van der Waals surface area contributed by atoms with Gasteiger partial charge in [-0.2, -0.15) is 0 Å². The number of fused-ring (bicyclic) bond motifs is 1. The van der Waals surface area contributed by atoms with Crippen LogP contribution in [0.1, 0.15) is 120 Å². The zero-order chi connectivity index (χ0) is 25.7. The van der Waals surface area contributed by atoms with Crippen molar-refractivity contribution in [3.63, 3.8) is 0 Å². The minimum atomic E-state index is -0.829. The monoisotopic (exact) mass is 470 g/mol. The molecule has 3 nitrogen and oxygen atoms in total. The number of rotatable bonds is 10. The molecule has 0 bridgehead atoms. The molecule has 1 N–H and O–H groups in total. The van der Waals surface area contributed by atoms with Crippen LogP contribution in [0.4, 0.5) is 0 Å². The third-order valence-electron chi connectivity index (χ3n) is 9.40. The van der Waals surface area contributed by atoms with Gasteiger partial charge in [0.1, 0.15) is 5.78 Å². The summed E-state index contributed by atoms with van der Waals surface area (Å²) < 4.78 is 0. The molecule has 0 radical (unpaired) electrons. The molecule has 0 heterocycles. The number of carbonyl (C=O) groups excluding carboxylic acids is 1. The molecule has 0 aromatic rings. The molecular formula is C31H50O3. The summed E-state index contributed by atoms with van der Waals surface area (Å²) in [7, 11) is 0. The topological polar surface area (TPSA) is 54.4 Å². The van der Waals surface area contributed by atoms with Gasteiger partial charge in [0.2, 0.25) is 0 Å². The smallest absolute Gasteiger partial charge is 0.330 e. The Bertz CT molecular complexity index is 839. The van der Waals surface area contributed by atoms with Crippen LogP contribution in [-0.2, 0) is 9.59 Å². The van der Waals surface area contributed by atoms with E-state index in [9.17, 15) is 9.59 Å². The lowest BCUT2D eigenvalue weighted by atomic mass is 9.43. The first kappa shape index (κ1) is 28.6. The number of hydrogen-bond acceptors (Lipinski definition) is 2. The maximum Gasteiger partial charge on any atom is 0.330 e. The van der Waals surface area contributed by atoms with Crippen LogP contribution in [0.5, 0.6) is 0 Å². The van der Waals surface area contributed by atoms with Gasteiger partial charge in [-0.1, -0.05) is 64.0 Å². The van der Waals surface area contributed by atoms with E-state index in [2.05, 4.69) is 60.6 Å². The molecule has 3 heteroatoms. The molecule has 192 valence electrons. The van der Waals surface area contributed by atoms with E-state index in [0.29, 0.717) is 28.6 Å². The molecule has 2 aliphatic rings. The lowest BCUT2D eigenvalue weighted by Gasteiger charge is -2.61. The number of carbonyl (C=O) groups is 2. The van der Waals surface area contributed by atoms with Crippen molar-refractivity contribution in [2.75, 3.05) is 0 Å². The van der Waals surface area contributed by atoms with E-state index >= 15 is 0 Å². The molecule has 2 aliphatic carbocycles. The zero-order valence-corrected chi connectivity index (χ0v) is 23.2. The van der Waals surface area contributed by atoms with Crippen molar-refractivity contribution in [3.05, 3.63) is 34.9 Å². The maximum absolute atomic E-state index is 12.7. The molecule has 0 saturated heterocycles. The second kappa shape index (κ2) is 11.4. The largest absolute Gasteiger partial charge is 0.478 e. The second-order valence-corrected chi connectivity index (χ2v) is 12.7. The van der Waals surface area contributed by atoms with Crippen molar-refractivity contribution in [3.8, 4) is 0 Å². The molecule has 2 saturated carbocycles. The number of Topliss-reactive ketones (excluding diaryl/α,β-unsaturated/α-hetero) is 1. The molecule has 2 rings (SSSR count). The number of hydrogen-bond donors (Lipinski definition) is 1. The van der Waals surface area contributed by atoms with E-state index in [0.717, 1.165) is 44.9 Å². The lowest BCUT2D eigenvalue weighted by Crippen LogP contribution is -2.56. The zero-order valence-electron chi connectivity index (χ0n) is 23.2. The van der Waals surface area contributed by atoms with Gasteiger partial charge in [0, 0.05) is 17.4 Å². The quantitative estimate of drug-likeness (QED) is 0.256. The standard InChI is InChI=1S/C31H50O3/c1-22(14-10-16-24(3)28(33)34)12-9-13-23(2)15-11-17-25-29(4,5)20-18-26-30(6,7)27(32)19-21-31(25,26)8/h12,15-16,25-26H,9-11,13-14,17-21H2,1-8H3,(H,33,34)/b22-12+,23-15+,24-16+/t25?,26-,31+/m0/s1. The van der Waals surface area contributed by atoms with Crippen molar-refractivity contribution < 1.29 is 14.7 Å². The van der Waals surface area contributed by atoms with Crippen LogP contribution >= 0.6 is 0 Å². The van der Waals surface area contributed by atoms with E-state index in [1.807, 2.05) is 6.08 Å². The summed E-state index contributed by atoms with van der Waals surface area (Å²) >= 11 is 0. The SMILES string of the molecule is C/C(=C\CC/C(C)=C/CCC1C(C)(C)CC[C@H]2C(C)(C)C(=O)CC[C@]12C)CC/C=C(\C)C(=O)O. The molecule has 0 spiro atoms. The van der Waals surface area contributed by atoms with Crippen LogP contribution in [0.25, 0.3) is 0 Å². The Hall–Kier alpha value is -1.64. The van der Waals surface area contributed by atoms with E-state index < -0.39 is 5.97 Å².